The van der Waals surface area contributed by atoms with Gasteiger partial charge in [-0.3, -0.25) is 4.79 Å². The number of carbonyl (C=O) groups is 1. The maximum atomic E-state index is 12.8. The van der Waals surface area contributed by atoms with Crippen LogP contribution in [-0.2, 0) is 13.0 Å². The summed E-state index contributed by atoms with van der Waals surface area (Å²) in [4.78, 5) is 17.7. The third-order valence-corrected chi connectivity index (χ3v) is 6.31. The van der Waals surface area contributed by atoms with Crippen molar-refractivity contribution in [2.45, 2.75) is 32.2 Å². The molecule has 8 nitrogen and oxygen atoms in total. The summed E-state index contributed by atoms with van der Waals surface area (Å²) in [5.41, 5.74) is 2.57. The van der Waals surface area contributed by atoms with Crippen molar-refractivity contribution in [1.82, 2.24) is 14.9 Å². The number of aromatic nitrogens is 2. The van der Waals surface area contributed by atoms with Crippen LogP contribution in [0.3, 0.4) is 0 Å². The molecule has 0 aliphatic rings. The van der Waals surface area contributed by atoms with E-state index in [9.17, 15) is 4.79 Å². The van der Waals surface area contributed by atoms with Gasteiger partial charge >= 0.3 is 0 Å². The highest BCUT2D eigenvalue weighted by molar-refractivity contribution is 5.95. The smallest absolute Gasteiger partial charge is 0.251 e. The zero-order chi connectivity index (χ0) is 26.7. The van der Waals surface area contributed by atoms with Gasteiger partial charge in [0.25, 0.3) is 5.91 Å². The topological polar surface area (TPSA) is 83.8 Å². The number of aryl methyl sites for hydroxylation is 2. The first-order chi connectivity index (χ1) is 18.6. The maximum absolute atomic E-state index is 12.8. The summed E-state index contributed by atoms with van der Waals surface area (Å²) in [6.45, 7) is 2.06. The first kappa shape index (κ1) is 26.9. The zero-order valence-electron chi connectivity index (χ0n) is 22.2. The van der Waals surface area contributed by atoms with Gasteiger partial charge in [0, 0.05) is 25.1 Å². The molecule has 0 spiro atoms. The number of imidazole rings is 1. The van der Waals surface area contributed by atoms with E-state index in [1.807, 2.05) is 48.5 Å². The molecule has 0 aliphatic carbocycles. The van der Waals surface area contributed by atoms with E-state index < -0.39 is 0 Å². The Balaban J connectivity index is 1.32. The van der Waals surface area contributed by atoms with E-state index >= 15 is 0 Å². The number of methoxy groups -OCH3 is 3. The summed E-state index contributed by atoms with van der Waals surface area (Å²) in [5, 5.41) is 2.99. The van der Waals surface area contributed by atoms with Gasteiger partial charge in [0.05, 0.1) is 39.0 Å². The minimum absolute atomic E-state index is 0.198. The lowest BCUT2D eigenvalue weighted by Crippen LogP contribution is -2.25. The SMILES string of the molecule is COc1cc(C(=O)NCCCc2nc3ccccc3n2CCCCOc2ccccc2)cc(OC)c1OC. The van der Waals surface area contributed by atoms with Crippen LogP contribution < -0.4 is 24.3 Å². The number of nitrogens with zero attached hydrogens (tertiary/aromatic N) is 2. The largest absolute Gasteiger partial charge is 0.494 e. The highest BCUT2D eigenvalue weighted by Crippen LogP contribution is 2.38. The molecule has 38 heavy (non-hydrogen) atoms. The summed E-state index contributed by atoms with van der Waals surface area (Å²) in [6.07, 6.45) is 3.45. The number of rotatable bonds is 14. The normalized spacial score (nSPS) is 10.8. The monoisotopic (exact) mass is 517 g/mol. The highest BCUT2D eigenvalue weighted by Gasteiger charge is 2.17. The van der Waals surface area contributed by atoms with E-state index in [0.717, 1.165) is 54.8 Å². The molecule has 0 saturated heterocycles. The average Bonchev–Trinajstić information content (AvgIpc) is 3.31. The van der Waals surface area contributed by atoms with E-state index in [1.165, 1.54) is 21.3 Å². The molecular formula is C30H35N3O5. The summed E-state index contributed by atoms with van der Waals surface area (Å²) in [5.74, 6) is 3.07. The summed E-state index contributed by atoms with van der Waals surface area (Å²) in [6, 6.07) is 21.4. The molecule has 1 amide bonds. The van der Waals surface area contributed by atoms with Crippen LogP contribution in [0.25, 0.3) is 11.0 Å². The molecule has 200 valence electrons. The van der Waals surface area contributed by atoms with Crippen molar-refractivity contribution in [2.24, 2.45) is 0 Å². The van der Waals surface area contributed by atoms with Crippen LogP contribution in [0.5, 0.6) is 23.0 Å². The predicted octanol–water partition coefficient (Wildman–Crippen LogP) is 5.28. The Labute approximate surface area is 223 Å². The van der Waals surface area contributed by atoms with Crippen molar-refractivity contribution >= 4 is 16.9 Å². The van der Waals surface area contributed by atoms with Gasteiger partial charge in [-0.1, -0.05) is 30.3 Å². The molecule has 0 unspecified atom stereocenters. The Kier molecular flexibility index (Phi) is 9.45. The summed E-state index contributed by atoms with van der Waals surface area (Å²) in [7, 11) is 4.59. The predicted molar refractivity (Wildman–Crippen MR) is 148 cm³/mol. The number of para-hydroxylation sites is 3. The average molecular weight is 518 g/mol. The number of unbranched alkanes of at least 4 members (excludes halogenated alkanes) is 1. The molecule has 1 aromatic heterocycles. The number of fused-ring (bicyclic) bond motifs is 1. The second-order valence-electron chi connectivity index (χ2n) is 8.81. The Morgan fingerprint density at radius 1 is 0.868 bits per heavy atom. The summed E-state index contributed by atoms with van der Waals surface area (Å²) < 4.78 is 24.2. The van der Waals surface area contributed by atoms with Crippen molar-refractivity contribution in [2.75, 3.05) is 34.5 Å². The first-order valence-corrected chi connectivity index (χ1v) is 12.8. The fraction of sp³-hybridized carbons (Fsp3) is 0.333. The number of nitrogens with one attached hydrogen (secondary N) is 1. The van der Waals surface area contributed by atoms with Gasteiger partial charge in [-0.25, -0.2) is 4.98 Å². The number of ether oxygens (including phenoxy) is 4. The number of hydrogen-bond donors (Lipinski definition) is 1. The molecule has 0 atom stereocenters. The first-order valence-electron chi connectivity index (χ1n) is 12.8. The molecule has 4 rings (SSSR count). The quantitative estimate of drug-likeness (QED) is 0.229. The third kappa shape index (κ3) is 6.56. The van der Waals surface area contributed by atoms with Crippen molar-refractivity contribution in [3.8, 4) is 23.0 Å². The van der Waals surface area contributed by atoms with E-state index in [4.69, 9.17) is 23.9 Å². The molecule has 0 aliphatic heterocycles. The van der Waals surface area contributed by atoms with E-state index in [-0.39, 0.29) is 5.91 Å². The zero-order valence-corrected chi connectivity index (χ0v) is 22.2. The van der Waals surface area contributed by atoms with Crippen LogP contribution in [0.4, 0.5) is 0 Å². The molecule has 8 heteroatoms. The van der Waals surface area contributed by atoms with Crippen LogP contribution in [-0.4, -0.2) is 49.9 Å². The van der Waals surface area contributed by atoms with E-state index in [2.05, 4.69) is 16.0 Å². The van der Waals surface area contributed by atoms with Gasteiger partial charge in [0.2, 0.25) is 5.75 Å². The van der Waals surface area contributed by atoms with E-state index in [1.54, 1.807) is 12.1 Å². The second kappa shape index (κ2) is 13.4. The maximum Gasteiger partial charge on any atom is 0.251 e. The lowest BCUT2D eigenvalue weighted by atomic mass is 10.1. The van der Waals surface area contributed by atoms with Crippen LogP contribution >= 0.6 is 0 Å². The molecule has 0 radical (unpaired) electrons. The van der Waals surface area contributed by atoms with Crippen LogP contribution in [0, 0.1) is 0 Å². The van der Waals surface area contributed by atoms with Crippen LogP contribution in [0.2, 0.25) is 0 Å². The molecule has 0 fully saturated rings. The van der Waals surface area contributed by atoms with Gasteiger partial charge < -0.3 is 28.8 Å². The molecular weight excluding hydrogens is 482 g/mol. The Hall–Kier alpha value is -4.20. The van der Waals surface area contributed by atoms with Crippen LogP contribution in [0.1, 0.15) is 35.4 Å². The molecule has 3 aromatic carbocycles. The van der Waals surface area contributed by atoms with Gasteiger partial charge in [-0.05, 0) is 55.7 Å². The van der Waals surface area contributed by atoms with Gasteiger partial charge in [0.15, 0.2) is 11.5 Å². The Bertz CT molecular complexity index is 1310. The highest BCUT2D eigenvalue weighted by atomic mass is 16.5. The van der Waals surface area contributed by atoms with Crippen molar-refractivity contribution < 1.29 is 23.7 Å². The number of carbonyl (C=O) groups excluding carboxylic acids is 1. The standard InChI is InChI=1S/C30H35N3O5/c1-35-26-20-22(21-27(36-2)29(26)37-3)30(34)31-17-11-16-28-32-24-14-7-8-15-25(24)33(28)18-9-10-19-38-23-12-5-4-6-13-23/h4-8,12-15,20-21H,9-11,16-19H2,1-3H3,(H,31,34). The molecule has 0 saturated carbocycles. The number of benzene rings is 3. The molecule has 1 N–H and O–H groups in total. The van der Waals surface area contributed by atoms with Crippen molar-refractivity contribution in [3.05, 3.63) is 78.1 Å². The van der Waals surface area contributed by atoms with Crippen molar-refractivity contribution in [1.29, 1.82) is 0 Å². The number of amides is 1. The van der Waals surface area contributed by atoms with Crippen molar-refractivity contribution in [3.63, 3.8) is 0 Å². The molecule has 4 aromatic rings. The minimum Gasteiger partial charge on any atom is -0.494 e. The van der Waals surface area contributed by atoms with E-state index in [0.29, 0.717) is 36.0 Å². The Morgan fingerprint density at radius 2 is 1.58 bits per heavy atom. The second-order valence-corrected chi connectivity index (χ2v) is 8.81. The molecule has 1 heterocycles. The lowest BCUT2D eigenvalue weighted by Gasteiger charge is -2.14. The minimum atomic E-state index is -0.198. The van der Waals surface area contributed by atoms with Gasteiger partial charge in [-0.2, -0.15) is 0 Å². The number of hydrogen-bond acceptors (Lipinski definition) is 6. The lowest BCUT2D eigenvalue weighted by molar-refractivity contribution is 0.0952. The fourth-order valence-corrected chi connectivity index (χ4v) is 4.41. The summed E-state index contributed by atoms with van der Waals surface area (Å²) >= 11 is 0. The Morgan fingerprint density at radius 3 is 2.29 bits per heavy atom. The van der Waals surface area contributed by atoms with Crippen LogP contribution in [0.15, 0.2) is 66.7 Å². The van der Waals surface area contributed by atoms with Gasteiger partial charge in [0.1, 0.15) is 11.6 Å². The fourth-order valence-electron chi connectivity index (χ4n) is 4.41. The molecule has 0 bridgehead atoms. The van der Waals surface area contributed by atoms with Gasteiger partial charge in [-0.15, -0.1) is 0 Å². The third-order valence-electron chi connectivity index (χ3n) is 6.31.